The van der Waals surface area contributed by atoms with Gasteiger partial charge in [0.2, 0.25) is 0 Å². The molecule has 0 spiro atoms. The smallest absolute Gasteiger partial charge is 0.261 e. The van der Waals surface area contributed by atoms with Gasteiger partial charge in [-0.05, 0) is 39.2 Å². The standard InChI is InChI=1S/C11H16N2O2/c1-12(2)6-4-8-13-7-3-5-10(9-14)11(13)15/h3,5,7,9H,4,6,8H2,1-2H3. The molecule has 0 unspecified atom stereocenters. The number of nitrogens with zero attached hydrogens (tertiary/aromatic N) is 2. The number of carbonyl (C=O) groups excluding carboxylic acids is 1. The number of aryl methyl sites for hydroxylation is 1. The molecule has 0 saturated carbocycles. The molecule has 0 N–H and O–H groups in total. The summed E-state index contributed by atoms with van der Waals surface area (Å²) < 4.78 is 1.58. The lowest BCUT2D eigenvalue weighted by molar-refractivity contribution is 0.112. The van der Waals surface area contributed by atoms with Gasteiger partial charge in [-0.25, -0.2) is 0 Å². The van der Waals surface area contributed by atoms with Crippen molar-refractivity contribution >= 4 is 6.29 Å². The summed E-state index contributed by atoms with van der Waals surface area (Å²) in [6.07, 6.45) is 3.21. The highest BCUT2D eigenvalue weighted by atomic mass is 16.1. The van der Waals surface area contributed by atoms with Crippen LogP contribution in [0.2, 0.25) is 0 Å². The Morgan fingerprint density at radius 2 is 2.20 bits per heavy atom. The van der Waals surface area contributed by atoms with Crippen LogP contribution in [0.4, 0.5) is 0 Å². The molecule has 4 nitrogen and oxygen atoms in total. The molecule has 1 heterocycles. The van der Waals surface area contributed by atoms with E-state index in [4.69, 9.17) is 0 Å². The van der Waals surface area contributed by atoms with Crippen molar-refractivity contribution in [1.29, 1.82) is 0 Å². The van der Waals surface area contributed by atoms with Crippen LogP contribution in [0.5, 0.6) is 0 Å². The summed E-state index contributed by atoms with van der Waals surface area (Å²) in [5.74, 6) is 0. The number of hydrogen-bond acceptors (Lipinski definition) is 3. The number of rotatable bonds is 5. The molecule has 0 atom stereocenters. The molecular weight excluding hydrogens is 192 g/mol. The Hall–Kier alpha value is -1.42. The monoisotopic (exact) mass is 208 g/mol. The molecule has 0 amide bonds. The molecule has 82 valence electrons. The zero-order valence-electron chi connectivity index (χ0n) is 9.14. The summed E-state index contributed by atoms with van der Waals surface area (Å²) >= 11 is 0. The highest BCUT2D eigenvalue weighted by molar-refractivity contribution is 5.73. The topological polar surface area (TPSA) is 42.3 Å². The first-order chi connectivity index (χ1) is 7.15. The van der Waals surface area contributed by atoms with Gasteiger partial charge in [-0.1, -0.05) is 0 Å². The van der Waals surface area contributed by atoms with Crippen molar-refractivity contribution in [2.45, 2.75) is 13.0 Å². The van der Waals surface area contributed by atoms with Gasteiger partial charge in [-0.15, -0.1) is 0 Å². The van der Waals surface area contributed by atoms with Gasteiger partial charge in [0.1, 0.15) is 0 Å². The Bertz CT molecular complexity index is 382. The predicted octanol–water partition coefficient (Wildman–Crippen LogP) is 0.613. The molecule has 0 saturated heterocycles. The molecule has 0 aromatic carbocycles. The van der Waals surface area contributed by atoms with E-state index < -0.39 is 0 Å². The third-order valence-electron chi connectivity index (χ3n) is 2.18. The number of hydrogen-bond donors (Lipinski definition) is 0. The van der Waals surface area contributed by atoms with Crippen LogP contribution in [-0.2, 0) is 6.54 Å². The maximum absolute atomic E-state index is 11.6. The Kier molecular flexibility index (Phi) is 4.24. The summed E-state index contributed by atoms with van der Waals surface area (Å²) in [4.78, 5) is 24.2. The summed E-state index contributed by atoms with van der Waals surface area (Å²) in [7, 11) is 3.98. The Balaban J connectivity index is 2.69. The molecule has 0 aliphatic carbocycles. The fourth-order valence-corrected chi connectivity index (χ4v) is 1.38. The van der Waals surface area contributed by atoms with Gasteiger partial charge in [0.05, 0.1) is 5.56 Å². The van der Waals surface area contributed by atoms with Gasteiger partial charge < -0.3 is 9.47 Å². The third-order valence-corrected chi connectivity index (χ3v) is 2.18. The van der Waals surface area contributed by atoms with E-state index in [9.17, 15) is 9.59 Å². The molecule has 1 rings (SSSR count). The van der Waals surface area contributed by atoms with Crippen LogP contribution < -0.4 is 5.56 Å². The fraction of sp³-hybridized carbons (Fsp3) is 0.455. The van der Waals surface area contributed by atoms with E-state index in [1.165, 1.54) is 6.07 Å². The van der Waals surface area contributed by atoms with Crippen LogP contribution in [0.15, 0.2) is 23.1 Å². The van der Waals surface area contributed by atoms with Crippen LogP contribution in [-0.4, -0.2) is 36.4 Å². The average Bonchev–Trinajstić information content (AvgIpc) is 2.20. The Morgan fingerprint density at radius 3 is 2.80 bits per heavy atom. The number of aromatic nitrogens is 1. The molecule has 0 aliphatic heterocycles. The normalized spacial score (nSPS) is 10.6. The Labute approximate surface area is 89.1 Å². The van der Waals surface area contributed by atoms with E-state index >= 15 is 0 Å². The molecule has 0 radical (unpaired) electrons. The predicted molar refractivity (Wildman–Crippen MR) is 59.3 cm³/mol. The largest absolute Gasteiger partial charge is 0.315 e. The first kappa shape index (κ1) is 11.7. The van der Waals surface area contributed by atoms with Crippen molar-refractivity contribution in [1.82, 2.24) is 9.47 Å². The summed E-state index contributed by atoms with van der Waals surface area (Å²) in [6.45, 7) is 1.58. The minimum Gasteiger partial charge on any atom is -0.315 e. The maximum Gasteiger partial charge on any atom is 0.261 e. The van der Waals surface area contributed by atoms with Crippen LogP contribution in [0.25, 0.3) is 0 Å². The van der Waals surface area contributed by atoms with E-state index in [1.54, 1.807) is 16.8 Å². The van der Waals surface area contributed by atoms with Crippen molar-refractivity contribution in [2.75, 3.05) is 20.6 Å². The maximum atomic E-state index is 11.6. The van der Waals surface area contributed by atoms with E-state index in [0.717, 1.165) is 13.0 Å². The summed E-state index contributed by atoms with van der Waals surface area (Å²) in [5, 5.41) is 0. The van der Waals surface area contributed by atoms with E-state index in [1.807, 2.05) is 14.1 Å². The summed E-state index contributed by atoms with van der Waals surface area (Å²) in [6, 6.07) is 3.26. The molecule has 4 heteroatoms. The van der Waals surface area contributed by atoms with Crippen LogP contribution in [0.3, 0.4) is 0 Å². The number of aldehydes is 1. The van der Waals surface area contributed by atoms with Crippen molar-refractivity contribution in [3.63, 3.8) is 0 Å². The molecular formula is C11H16N2O2. The molecule has 0 bridgehead atoms. The Morgan fingerprint density at radius 1 is 1.47 bits per heavy atom. The van der Waals surface area contributed by atoms with Gasteiger partial charge in [-0.3, -0.25) is 9.59 Å². The second kappa shape index (κ2) is 5.46. The molecule has 1 aromatic heterocycles. The highest BCUT2D eigenvalue weighted by Gasteiger charge is 2.01. The average molecular weight is 208 g/mol. The SMILES string of the molecule is CN(C)CCCn1cccc(C=O)c1=O. The van der Waals surface area contributed by atoms with Crippen LogP contribution in [0.1, 0.15) is 16.8 Å². The zero-order valence-corrected chi connectivity index (χ0v) is 9.14. The lowest BCUT2D eigenvalue weighted by Gasteiger charge is -2.10. The molecule has 1 aromatic rings. The van der Waals surface area contributed by atoms with Crippen LogP contribution >= 0.6 is 0 Å². The molecule has 0 aliphatic rings. The lowest BCUT2D eigenvalue weighted by atomic mass is 10.3. The fourth-order valence-electron chi connectivity index (χ4n) is 1.38. The first-order valence-electron chi connectivity index (χ1n) is 4.94. The first-order valence-corrected chi connectivity index (χ1v) is 4.94. The molecule has 15 heavy (non-hydrogen) atoms. The van der Waals surface area contributed by atoms with E-state index in [2.05, 4.69) is 4.90 Å². The minimum absolute atomic E-state index is 0.203. The van der Waals surface area contributed by atoms with Gasteiger partial charge in [0.25, 0.3) is 5.56 Å². The van der Waals surface area contributed by atoms with Gasteiger partial charge in [0.15, 0.2) is 6.29 Å². The molecule has 0 fully saturated rings. The van der Waals surface area contributed by atoms with Crippen molar-refractivity contribution < 1.29 is 4.79 Å². The van der Waals surface area contributed by atoms with Crippen molar-refractivity contribution in [3.8, 4) is 0 Å². The van der Waals surface area contributed by atoms with E-state index in [0.29, 0.717) is 12.8 Å². The summed E-state index contributed by atoms with van der Waals surface area (Å²) in [5.41, 5.74) is 0.0219. The van der Waals surface area contributed by atoms with Gasteiger partial charge >= 0.3 is 0 Å². The zero-order chi connectivity index (χ0) is 11.3. The van der Waals surface area contributed by atoms with E-state index in [-0.39, 0.29) is 11.1 Å². The quantitative estimate of drug-likeness (QED) is 0.666. The van der Waals surface area contributed by atoms with Gasteiger partial charge in [0, 0.05) is 12.7 Å². The minimum atomic E-state index is -0.203. The highest BCUT2D eigenvalue weighted by Crippen LogP contribution is 1.92. The second-order valence-corrected chi connectivity index (χ2v) is 3.74. The number of carbonyl (C=O) groups is 1. The van der Waals surface area contributed by atoms with Crippen molar-refractivity contribution in [3.05, 3.63) is 34.2 Å². The second-order valence-electron chi connectivity index (χ2n) is 3.74. The van der Waals surface area contributed by atoms with Gasteiger partial charge in [-0.2, -0.15) is 0 Å². The lowest BCUT2D eigenvalue weighted by Crippen LogP contribution is -2.24. The van der Waals surface area contributed by atoms with Crippen molar-refractivity contribution in [2.24, 2.45) is 0 Å². The van der Waals surface area contributed by atoms with Crippen LogP contribution in [0, 0.1) is 0 Å². The number of pyridine rings is 1. The third kappa shape index (κ3) is 3.32.